The van der Waals surface area contributed by atoms with Gasteiger partial charge in [0.25, 0.3) is 0 Å². The van der Waals surface area contributed by atoms with E-state index >= 15 is 0 Å². The SMILES string of the molecule is Cc1cc(-c2ccccc2Br)n(/C=C\c2ccccc2)n1. The molecule has 2 nitrogen and oxygen atoms in total. The molecule has 3 rings (SSSR count). The Kier molecular flexibility index (Phi) is 4.02. The van der Waals surface area contributed by atoms with Gasteiger partial charge in [-0.2, -0.15) is 5.10 Å². The molecular formula is C18H15BrN2. The number of nitrogens with zero attached hydrogens (tertiary/aromatic N) is 2. The fraction of sp³-hybridized carbons (Fsp3) is 0.0556. The van der Waals surface area contributed by atoms with Crippen LogP contribution >= 0.6 is 15.9 Å². The summed E-state index contributed by atoms with van der Waals surface area (Å²) < 4.78 is 2.99. The average Bonchev–Trinajstić information content (AvgIpc) is 2.87. The zero-order valence-electron chi connectivity index (χ0n) is 11.7. The standard InChI is InChI=1S/C18H15BrN2/c1-14-13-18(16-9-5-6-10-17(16)19)21(20-14)12-11-15-7-3-2-4-8-15/h2-13H,1H3/b12-11-. The fourth-order valence-corrected chi connectivity index (χ4v) is 2.71. The summed E-state index contributed by atoms with van der Waals surface area (Å²) in [4.78, 5) is 0. The summed E-state index contributed by atoms with van der Waals surface area (Å²) in [7, 11) is 0. The van der Waals surface area contributed by atoms with E-state index < -0.39 is 0 Å². The van der Waals surface area contributed by atoms with Gasteiger partial charge in [0.15, 0.2) is 0 Å². The number of aryl methyl sites for hydroxylation is 1. The minimum atomic E-state index is 0.999. The first-order valence-electron chi connectivity index (χ1n) is 6.78. The maximum absolute atomic E-state index is 4.55. The van der Waals surface area contributed by atoms with Crippen LogP contribution in [0.25, 0.3) is 23.5 Å². The van der Waals surface area contributed by atoms with Crippen LogP contribution in [0.1, 0.15) is 11.3 Å². The topological polar surface area (TPSA) is 17.8 Å². The van der Waals surface area contributed by atoms with E-state index in [1.54, 1.807) is 0 Å². The molecule has 3 heteroatoms. The molecule has 21 heavy (non-hydrogen) atoms. The van der Waals surface area contributed by atoms with Crippen LogP contribution in [0.2, 0.25) is 0 Å². The summed E-state index contributed by atoms with van der Waals surface area (Å²) in [6, 6.07) is 20.5. The van der Waals surface area contributed by atoms with Crippen molar-refractivity contribution < 1.29 is 0 Å². The normalized spacial score (nSPS) is 11.1. The average molecular weight is 339 g/mol. The van der Waals surface area contributed by atoms with E-state index in [0.29, 0.717) is 0 Å². The number of rotatable bonds is 3. The first-order chi connectivity index (χ1) is 10.2. The predicted molar refractivity (Wildman–Crippen MR) is 91.8 cm³/mol. The summed E-state index contributed by atoms with van der Waals surface area (Å²) >= 11 is 3.61. The number of aromatic nitrogens is 2. The minimum Gasteiger partial charge on any atom is -0.240 e. The lowest BCUT2D eigenvalue weighted by molar-refractivity contribution is 0.920. The Labute approximate surface area is 132 Å². The second-order valence-corrected chi connectivity index (χ2v) is 5.68. The zero-order chi connectivity index (χ0) is 14.7. The molecule has 0 radical (unpaired) electrons. The smallest absolute Gasteiger partial charge is 0.0747 e. The molecule has 0 saturated heterocycles. The van der Waals surface area contributed by atoms with Crippen LogP contribution in [0.15, 0.2) is 65.1 Å². The molecule has 2 aromatic carbocycles. The fourth-order valence-electron chi connectivity index (χ4n) is 2.22. The molecule has 0 atom stereocenters. The molecule has 0 saturated carbocycles. The van der Waals surface area contributed by atoms with E-state index in [0.717, 1.165) is 27.0 Å². The highest BCUT2D eigenvalue weighted by Crippen LogP contribution is 2.28. The predicted octanol–water partition coefficient (Wildman–Crippen LogP) is 5.25. The van der Waals surface area contributed by atoms with Gasteiger partial charge >= 0.3 is 0 Å². The number of benzene rings is 2. The summed E-state index contributed by atoms with van der Waals surface area (Å²) in [5.41, 5.74) is 4.37. The molecule has 0 aliphatic carbocycles. The molecule has 0 spiro atoms. The lowest BCUT2D eigenvalue weighted by atomic mass is 10.1. The highest BCUT2D eigenvalue weighted by Gasteiger charge is 2.08. The summed E-state index contributed by atoms with van der Waals surface area (Å²) in [5.74, 6) is 0. The summed E-state index contributed by atoms with van der Waals surface area (Å²) in [6.45, 7) is 2.01. The monoisotopic (exact) mass is 338 g/mol. The van der Waals surface area contributed by atoms with Crippen molar-refractivity contribution in [2.24, 2.45) is 0 Å². The van der Waals surface area contributed by atoms with Crippen LogP contribution in [0.4, 0.5) is 0 Å². The Morgan fingerprint density at radius 2 is 1.71 bits per heavy atom. The first-order valence-corrected chi connectivity index (χ1v) is 7.57. The Morgan fingerprint density at radius 1 is 1.00 bits per heavy atom. The second-order valence-electron chi connectivity index (χ2n) is 4.82. The van der Waals surface area contributed by atoms with Crippen molar-refractivity contribution in [3.8, 4) is 11.3 Å². The van der Waals surface area contributed by atoms with Crippen LogP contribution in [-0.4, -0.2) is 9.78 Å². The molecule has 1 aromatic heterocycles. The van der Waals surface area contributed by atoms with Crippen molar-refractivity contribution in [3.05, 3.63) is 76.4 Å². The van der Waals surface area contributed by atoms with Gasteiger partial charge in [-0.3, -0.25) is 0 Å². The maximum Gasteiger partial charge on any atom is 0.0747 e. The zero-order valence-corrected chi connectivity index (χ0v) is 13.3. The molecule has 0 amide bonds. The van der Waals surface area contributed by atoms with Crippen molar-refractivity contribution in [1.29, 1.82) is 0 Å². The van der Waals surface area contributed by atoms with Crippen molar-refractivity contribution in [2.45, 2.75) is 6.92 Å². The third-order valence-corrected chi connectivity index (χ3v) is 3.91. The van der Waals surface area contributed by atoms with E-state index in [1.165, 1.54) is 0 Å². The van der Waals surface area contributed by atoms with E-state index in [9.17, 15) is 0 Å². The molecule has 0 aliphatic heterocycles. The molecule has 0 aliphatic rings. The van der Waals surface area contributed by atoms with Gasteiger partial charge in [0, 0.05) is 16.2 Å². The third kappa shape index (κ3) is 3.14. The van der Waals surface area contributed by atoms with E-state index in [2.05, 4.69) is 51.4 Å². The summed E-state index contributed by atoms with van der Waals surface area (Å²) in [6.07, 6.45) is 4.06. The van der Waals surface area contributed by atoms with Gasteiger partial charge in [0.2, 0.25) is 0 Å². The largest absolute Gasteiger partial charge is 0.240 e. The highest BCUT2D eigenvalue weighted by molar-refractivity contribution is 9.10. The van der Waals surface area contributed by atoms with Gasteiger partial charge < -0.3 is 0 Å². The molecular weight excluding hydrogens is 324 g/mol. The molecule has 0 unspecified atom stereocenters. The number of halogens is 1. The maximum atomic E-state index is 4.55. The van der Waals surface area contributed by atoms with Crippen LogP contribution in [0, 0.1) is 6.92 Å². The first kappa shape index (κ1) is 13.8. The second kappa shape index (κ2) is 6.10. The van der Waals surface area contributed by atoms with Crippen molar-refractivity contribution >= 4 is 28.2 Å². The molecule has 0 N–H and O–H groups in total. The Morgan fingerprint density at radius 3 is 2.48 bits per heavy atom. The number of hydrogen-bond acceptors (Lipinski definition) is 1. The Bertz CT molecular complexity index is 773. The van der Waals surface area contributed by atoms with Crippen LogP contribution in [0.3, 0.4) is 0 Å². The molecule has 3 aromatic rings. The Balaban J connectivity index is 2.01. The lowest BCUT2D eigenvalue weighted by Crippen LogP contribution is -1.93. The van der Waals surface area contributed by atoms with Gasteiger partial charge in [0.1, 0.15) is 0 Å². The van der Waals surface area contributed by atoms with Crippen LogP contribution in [0.5, 0.6) is 0 Å². The van der Waals surface area contributed by atoms with Crippen LogP contribution in [-0.2, 0) is 0 Å². The van der Waals surface area contributed by atoms with E-state index in [-0.39, 0.29) is 0 Å². The third-order valence-electron chi connectivity index (χ3n) is 3.22. The van der Waals surface area contributed by atoms with Crippen LogP contribution < -0.4 is 0 Å². The van der Waals surface area contributed by atoms with Crippen molar-refractivity contribution in [1.82, 2.24) is 9.78 Å². The van der Waals surface area contributed by atoms with Gasteiger partial charge in [-0.15, -0.1) is 0 Å². The van der Waals surface area contributed by atoms with Crippen molar-refractivity contribution in [3.63, 3.8) is 0 Å². The van der Waals surface area contributed by atoms with Gasteiger partial charge in [-0.25, -0.2) is 4.68 Å². The molecule has 0 bridgehead atoms. The molecule has 104 valence electrons. The lowest BCUT2D eigenvalue weighted by Gasteiger charge is -2.05. The number of hydrogen-bond donors (Lipinski definition) is 0. The summed E-state index contributed by atoms with van der Waals surface area (Å²) in [5, 5.41) is 4.55. The minimum absolute atomic E-state index is 0.999. The quantitative estimate of drug-likeness (QED) is 0.637. The van der Waals surface area contributed by atoms with Gasteiger partial charge in [-0.1, -0.05) is 64.5 Å². The van der Waals surface area contributed by atoms with Gasteiger partial charge in [-0.05, 0) is 30.7 Å². The molecule has 0 fully saturated rings. The van der Waals surface area contributed by atoms with Gasteiger partial charge in [0.05, 0.1) is 11.4 Å². The Hall–Kier alpha value is -2.13. The highest BCUT2D eigenvalue weighted by atomic mass is 79.9. The van der Waals surface area contributed by atoms with E-state index in [4.69, 9.17) is 0 Å². The van der Waals surface area contributed by atoms with Crippen molar-refractivity contribution in [2.75, 3.05) is 0 Å². The molecule has 1 heterocycles. The van der Waals surface area contributed by atoms with E-state index in [1.807, 2.05) is 54.2 Å².